The van der Waals surface area contributed by atoms with Crippen molar-refractivity contribution in [2.24, 2.45) is 0 Å². The normalized spacial score (nSPS) is 15.7. The van der Waals surface area contributed by atoms with Gasteiger partial charge in [-0.05, 0) is 0 Å². The van der Waals surface area contributed by atoms with Crippen LogP contribution in [0.25, 0.3) is 11.1 Å². The molecule has 0 unspecified atom stereocenters. The molecule has 0 fully saturated rings. The van der Waals surface area contributed by atoms with Crippen LogP contribution in [0.3, 0.4) is 0 Å². The van der Waals surface area contributed by atoms with Gasteiger partial charge in [-0.2, -0.15) is 0 Å². The first-order valence-corrected chi connectivity index (χ1v) is 21.2. The van der Waals surface area contributed by atoms with Crippen molar-refractivity contribution in [2.75, 3.05) is 0 Å². The van der Waals surface area contributed by atoms with Gasteiger partial charge in [-0.25, -0.2) is 0 Å². The number of hydrogen-bond donors (Lipinski definition) is 0. The van der Waals surface area contributed by atoms with Gasteiger partial charge in [-0.3, -0.25) is 0 Å². The van der Waals surface area contributed by atoms with Crippen molar-refractivity contribution in [1.82, 2.24) is 0 Å². The van der Waals surface area contributed by atoms with Gasteiger partial charge < -0.3 is 0 Å². The number of allylic oxidation sites excluding steroid dienone is 4. The Hall–Kier alpha value is -0.980. The van der Waals surface area contributed by atoms with Crippen molar-refractivity contribution < 1.29 is 20.4 Å². The van der Waals surface area contributed by atoms with Crippen LogP contribution >= 0.6 is 0 Å². The van der Waals surface area contributed by atoms with E-state index in [4.69, 9.17) is 0 Å². The summed E-state index contributed by atoms with van der Waals surface area (Å²) >= 11 is -2.09. The van der Waals surface area contributed by atoms with E-state index >= 15 is 0 Å². The predicted octanol–water partition coefficient (Wildman–Crippen LogP) is 9.62. The fourth-order valence-electron chi connectivity index (χ4n) is 5.98. The van der Waals surface area contributed by atoms with E-state index in [1.807, 2.05) is 3.28 Å². The molecule has 2 aromatic rings. The van der Waals surface area contributed by atoms with Crippen molar-refractivity contribution in [3.8, 4) is 11.1 Å². The molecule has 0 aliphatic heterocycles. The molecule has 0 spiro atoms. The average Bonchev–Trinajstić information content (AvgIpc) is 3.35. The summed E-state index contributed by atoms with van der Waals surface area (Å²) in [5.41, 5.74) is 10.9. The van der Waals surface area contributed by atoms with Gasteiger partial charge >= 0.3 is 218 Å². The van der Waals surface area contributed by atoms with Gasteiger partial charge in [0, 0.05) is 0 Å². The topological polar surface area (TPSA) is 0 Å². The van der Waals surface area contributed by atoms with Crippen molar-refractivity contribution in [3.05, 3.63) is 80.2 Å². The molecule has 0 aromatic heterocycles. The second-order valence-corrected chi connectivity index (χ2v) is 28.7. The summed E-state index contributed by atoms with van der Waals surface area (Å²) in [7, 11) is 0. The summed E-state index contributed by atoms with van der Waals surface area (Å²) in [6, 6.07) is 15.0. The molecule has 34 heavy (non-hydrogen) atoms. The van der Waals surface area contributed by atoms with Crippen LogP contribution in [-0.4, -0.2) is 5.43 Å². The number of fused-ring (bicyclic) bond motifs is 3. The molecule has 0 saturated carbocycles. The zero-order valence-corrected chi connectivity index (χ0v) is 26.6. The van der Waals surface area contributed by atoms with Crippen LogP contribution in [0.1, 0.15) is 102 Å². The first kappa shape index (κ1) is 26.1. The Bertz CT molecular complexity index is 1120. The molecule has 2 aromatic carbocycles. The number of rotatable bonds is 4. The van der Waals surface area contributed by atoms with Crippen LogP contribution < -0.4 is 0 Å². The first-order chi connectivity index (χ1) is 15.8. The summed E-state index contributed by atoms with van der Waals surface area (Å²) in [4.78, 5) is 0. The van der Waals surface area contributed by atoms with Crippen molar-refractivity contribution in [2.45, 2.75) is 101 Å². The van der Waals surface area contributed by atoms with Gasteiger partial charge in [-0.1, -0.05) is 0 Å². The third-order valence-corrected chi connectivity index (χ3v) is 33.1. The van der Waals surface area contributed by atoms with Crippen LogP contribution in [0.2, 0.25) is 11.1 Å². The molecule has 0 radical (unpaired) electrons. The van der Waals surface area contributed by atoms with Gasteiger partial charge in [0.25, 0.3) is 0 Å². The standard InChI is InChI=1S/C21H25.C6H14Si.C5H5.Zr/c1-20(2,3)16-7-9-18-14(12-16)11-15-13-17(21(4,5)6)8-10-19(15)18;1-5(2)7-6(3)4;1-2-4-5-3-1;/h7-13H,1-6H3;5-6H,1-4H3;1-3H,4H2;. The first-order valence-electron chi connectivity index (χ1n) is 13.2. The third kappa shape index (κ3) is 4.84. The van der Waals surface area contributed by atoms with Crippen LogP contribution in [0.15, 0.2) is 57.9 Å². The van der Waals surface area contributed by atoms with E-state index < -0.39 is 25.8 Å². The molecule has 2 aliphatic carbocycles. The fraction of sp³-hybridized carbons (Fsp3) is 0.500. The van der Waals surface area contributed by atoms with E-state index in [-0.39, 0.29) is 10.8 Å². The van der Waals surface area contributed by atoms with Gasteiger partial charge in [0.15, 0.2) is 0 Å². The van der Waals surface area contributed by atoms with E-state index in [2.05, 4.69) is 124 Å². The van der Waals surface area contributed by atoms with Crippen LogP contribution in [0.5, 0.6) is 0 Å². The molecule has 0 bridgehead atoms. The Labute approximate surface area is 217 Å². The van der Waals surface area contributed by atoms with E-state index in [1.54, 1.807) is 11.1 Å². The molecular formula is C32H44SiZr. The van der Waals surface area contributed by atoms with E-state index in [1.165, 1.54) is 28.7 Å². The fourth-order valence-corrected chi connectivity index (χ4v) is 31.7. The van der Waals surface area contributed by atoms with Gasteiger partial charge in [-0.15, -0.1) is 0 Å². The second kappa shape index (κ2) is 9.48. The zero-order chi connectivity index (χ0) is 25.0. The van der Waals surface area contributed by atoms with Gasteiger partial charge in [0.05, 0.1) is 0 Å². The van der Waals surface area contributed by atoms with Crippen molar-refractivity contribution in [3.63, 3.8) is 0 Å². The monoisotopic (exact) mass is 546 g/mol. The average molecular weight is 548 g/mol. The minimum absolute atomic E-state index is 0.173. The molecule has 0 amide bonds. The third-order valence-electron chi connectivity index (χ3n) is 7.71. The van der Waals surface area contributed by atoms with Crippen LogP contribution in [-0.2, 0) is 31.2 Å². The maximum atomic E-state index is 2.63. The van der Waals surface area contributed by atoms with Crippen molar-refractivity contribution in [1.29, 1.82) is 0 Å². The Balaban J connectivity index is 2.08. The second-order valence-electron chi connectivity index (χ2n) is 13.0. The van der Waals surface area contributed by atoms with Crippen molar-refractivity contribution >= 4 is 5.43 Å². The number of benzene rings is 2. The van der Waals surface area contributed by atoms with E-state index in [0.717, 1.165) is 11.1 Å². The Morgan fingerprint density at radius 1 is 0.765 bits per heavy atom. The van der Waals surface area contributed by atoms with E-state index in [9.17, 15) is 0 Å². The Kier molecular flexibility index (Phi) is 7.27. The predicted molar refractivity (Wildman–Crippen MR) is 149 cm³/mol. The molecule has 0 heterocycles. The molecule has 0 saturated heterocycles. The molecule has 0 nitrogen and oxygen atoms in total. The molecule has 180 valence electrons. The summed E-state index contributed by atoms with van der Waals surface area (Å²) < 4.78 is 2.52. The molecule has 2 heteroatoms. The van der Waals surface area contributed by atoms with Crippen LogP contribution in [0.4, 0.5) is 0 Å². The maximum absolute atomic E-state index is 2.63. The summed E-state index contributed by atoms with van der Waals surface area (Å²) in [5, 5.41) is 0. The summed E-state index contributed by atoms with van der Waals surface area (Å²) in [5.74, 6) is 0. The molecule has 2 aliphatic rings. The van der Waals surface area contributed by atoms with E-state index in [0.29, 0.717) is 3.63 Å². The van der Waals surface area contributed by atoms with Gasteiger partial charge in [0.2, 0.25) is 0 Å². The van der Waals surface area contributed by atoms with Gasteiger partial charge in [0.1, 0.15) is 0 Å². The molecular weight excluding hydrogens is 504 g/mol. The molecule has 0 N–H and O–H groups in total. The number of hydrogen-bond acceptors (Lipinski definition) is 0. The SMILES string of the molecule is CC(C)[Si](C(C)C)=[Zr]([C]1=CC=CC1)[CH]1c2cc(C(C)(C)C)ccc2-c2ccc(C(C)(C)C)cc21. The van der Waals surface area contributed by atoms with Crippen LogP contribution in [0, 0.1) is 0 Å². The zero-order valence-electron chi connectivity index (χ0n) is 23.1. The Morgan fingerprint density at radius 3 is 1.59 bits per heavy atom. The molecule has 4 rings (SSSR count). The quantitative estimate of drug-likeness (QED) is 0.334. The summed E-state index contributed by atoms with van der Waals surface area (Å²) in [6.07, 6.45) is 8.53. The minimum atomic E-state index is -2.09. The molecule has 0 atom stereocenters. The summed E-state index contributed by atoms with van der Waals surface area (Å²) in [6.45, 7) is 24.3. The Morgan fingerprint density at radius 2 is 1.24 bits per heavy atom.